The van der Waals surface area contributed by atoms with Crippen molar-refractivity contribution >= 4 is 11.8 Å². The van der Waals surface area contributed by atoms with Crippen LogP contribution in [0.25, 0.3) is 0 Å². The Bertz CT molecular complexity index is 312. The van der Waals surface area contributed by atoms with E-state index in [1.54, 1.807) is 12.1 Å². The van der Waals surface area contributed by atoms with Crippen molar-refractivity contribution in [3.63, 3.8) is 0 Å². The summed E-state index contributed by atoms with van der Waals surface area (Å²) < 4.78 is 9.79. The first-order chi connectivity index (χ1) is 6.77. The third-order valence-electron chi connectivity index (χ3n) is 1.61. The minimum absolute atomic E-state index is 0.503. The molecule has 1 N–H and O–H groups in total. The lowest BCUT2D eigenvalue weighted by molar-refractivity contribution is 0.186. The second kappa shape index (κ2) is 5.11. The van der Waals surface area contributed by atoms with E-state index in [1.807, 2.05) is 19.1 Å². The summed E-state index contributed by atoms with van der Waals surface area (Å²) >= 11 is 0. The molecule has 14 heavy (non-hydrogen) atoms. The van der Waals surface area contributed by atoms with Crippen molar-refractivity contribution in [1.82, 2.24) is 0 Å². The molecule has 0 spiro atoms. The molecule has 0 aliphatic carbocycles. The van der Waals surface area contributed by atoms with E-state index in [-0.39, 0.29) is 0 Å². The summed E-state index contributed by atoms with van der Waals surface area (Å²) in [6, 6.07) is 7.19. The molecule has 76 valence electrons. The van der Waals surface area contributed by atoms with Crippen LogP contribution in [0.2, 0.25) is 0 Å². The molecule has 0 aromatic heterocycles. The van der Waals surface area contributed by atoms with Gasteiger partial charge in [0.1, 0.15) is 5.75 Å². The average molecular weight is 195 g/mol. The third-order valence-corrected chi connectivity index (χ3v) is 1.61. The zero-order valence-electron chi connectivity index (χ0n) is 8.24. The van der Waals surface area contributed by atoms with Gasteiger partial charge in [-0.1, -0.05) is 12.1 Å². The van der Waals surface area contributed by atoms with E-state index in [1.165, 1.54) is 7.11 Å². The van der Waals surface area contributed by atoms with Gasteiger partial charge in [0.05, 0.1) is 19.4 Å². The third kappa shape index (κ3) is 2.65. The van der Waals surface area contributed by atoms with E-state index in [0.29, 0.717) is 18.0 Å². The standard InChI is InChI=1S/C10H13NO3/c1-3-14-9-7-5-4-6-8(9)11-10(12)13-2/h4-7H,3H2,1-2H3,(H,11,12). The maximum Gasteiger partial charge on any atom is 0.411 e. The largest absolute Gasteiger partial charge is 0.492 e. The van der Waals surface area contributed by atoms with Crippen molar-refractivity contribution in [2.45, 2.75) is 6.92 Å². The Balaban J connectivity index is 2.78. The second-order valence-electron chi connectivity index (χ2n) is 2.55. The molecule has 4 heteroatoms. The molecule has 0 atom stereocenters. The van der Waals surface area contributed by atoms with Gasteiger partial charge in [-0.05, 0) is 19.1 Å². The summed E-state index contributed by atoms with van der Waals surface area (Å²) in [4.78, 5) is 10.9. The first-order valence-electron chi connectivity index (χ1n) is 4.34. The van der Waals surface area contributed by atoms with Crippen LogP contribution in [0.3, 0.4) is 0 Å². The monoisotopic (exact) mass is 195 g/mol. The Hall–Kier alpha value is -1.71. The summed E-state index contributed by atoms with van der Waals surface area (Å²) in [7, 11) is 1.32. The molecule has 1 rings (SSSR count). The van der Waals surface area contributed by atoms with Gasteiger partial charge < -0.3 is 9.47 Å². The number of methoxy groups -OCH3 is 1. The summed E-state index contributed by atoms with van der Waals surface area (Å²) in [5, 5.41) is 2.56. The zero-order chi connectivity index (χ0) is 10.4. The topological polar surface area (TPSA) is 47.6 Å². The highest BCUT2D eigenvalue weighted by Gasteiger charge is 2.05. The van der Waals surface area contributed by atoms with E-state index < -0.39 is 6.09 Å². The summed E-state index contributed by atoms with van der Waals surface area (Å²) in [5.41, 5.74) is 0.612. The fraction of sp³-hybridized carbons (Fsp3) is 0.300. The van der Waals surface area contributed by atoms with E-state index >= 15 is 0 Å². The predicted octanol–water partition coefficient (Wildman–Crippen LogP) is 2.26. The number of para-hydroxylation sites is 2. The molecule has 0 aliphatic heterocycles. The number of rotatable bonds is 3. The first-order valence-corrected chi connectivity index (χ1v) is 4.34. The highest BCUT2D eigenvalue weighted by atomic mass is 16.5. The molecule has 0 heterocycles. The number of ether oxygens (including phenoxy) is 2. The van der Waals surface area contributed by atoms with Gasteiger partial charge in [0, 0.05) is 0 Å². The molecule has 1 aromatic rings. The number of benzene rings is 1. The van der Waals surface area contributed by atoms with Crippen LogP contribution in [0, 0.1) is 0 Å². The molecule has 0 saturated carbocycles. The fourth-order valence-electron chi connectivity index (χ4n) is 1.01. The van der Waals surface area contributed by atoms with Crippen LogP contribution in [0.1, 0.15) is 6.92 Å². The Morgan fingerprint density at radius 1 is 1.43 bits per heavy atom. The minimum atomic E-state index is -0.503. The number of nitrogens with one attached hydrogen (secondary N) is 1. The Kier molecular flexibility index (Phi) is 3.79. The number of hydrogen-bond donors (Lipinski definition) is 1. The van der Waals surface area contributed by atoms with E-state index in [4.69, 9.17) is 4.74 Å². The smallest absolute Gasteiger partial charge is 0.411 e. The molecule has 0 bridgehead atoms. The van der Waals surface area contributed by atoms with Crippen molar-refractivity contribution in [2.24, 2.45) is 0 Å². The van der Waals surface area contributed by atoms with Gasteiger partial charge in [-0.2, -0.15) is 0 Å². The van der Waals surface area contributed by atoms with E-state index in [2.05, 4.69) is 10.1 Å². The molecule has 0 radical (unpaired) electrons. The molecule has 0 fully saturated rings. The molecular formula is C10H13NO3. The Morgan fingerprint density at radius 2 is 2.14 bits per heavy atom. The average Bonchev–Trinajstić information content (AvgIpc) is 2.21. The fourth-order valence-corrected chi connectivity index (χ4v) is 1.01. The van der Waals surface area contributed by atoms with Gasteiger partial charge in [-0.25, -0.2) is 4.79 Å². The van der Waals surface area contributed by atoms with Crippen molar-refractivity contribution in [1.29, 1.82) is 0 Å². The zero-order valence-corrected chi connectivity index (χ0v) is 8.24. The Morgan fingerprint density at radius 3 is 2.79 bits per heavy atom. The lowest BCUT2D eigenvalue weighted by Crippen LogP contribution is -2.11. The van der Waals surface area contributed by atoms with E-state index in [0.717, 1.165) is 0 Å². The lowest BCUT2D eigenvalue weighted by atomic mass is 10.3. The van der Waals surface area contributed by atoms with Gasteiger partial charge >= 0.3 is 6.09 Å². The maximum absolute atomic E-state index is 10.9. The van der Waals surface area contributed by atoms with Crippen LogP contribution >= 0.6 is 0 Å². The molecule has 0 unspecified atom stereocenters. The quantitative estimate of drug-likeness (QED) is 0.804. The highest BCUT2D eigenvalue weighted by molar-refractivity contribution is 5.86. The van der Waals surface area contributed by atoms with Crippen molar-refractivity contribution in [3.8, 4) is 5.75 Å². The van der Waals surface area contributed by atoms with Crippen LogP contribution in [0.5, 0.6) is 5.75 Å². The van der Waals surface area contributed by atoms with Gasteiger partial charge in [-0.3, -0.25) is 5.32 Å². The van der Waals surface area contributed by atoms with Crippen LogP contribution in [-0.4, -0.2) is 19.8 Å². The van der Waals surface area contributed by atoms with Crippen LogP contribution in [-0.2, 0) is 4.74 Å². The first kappa shape index (κ1) is 10.4. The van der Waals surface area contributed by atoms with Crippen LogP contribution in [0.4, 0.5) is 10.5 Å². The van der Waals surface area contributed by atoms with Gasteiger partial charge in [0.15, 0.2) is 0 Å². The molecule has 1 aromatic carbocycles. The molecular weight excluding hydrogens is 182 g/mol. The SMILES string of the molecule is CCOc1ccccc1NC(=O)OC. The normalized spacial score (nSPS) is 9.29. The van der Waals surface area contributed by atoms with Gasteiger partial charge in [-0.15, -0.1) is 0 Å². The van der Waals surface area contributed by atoms with Gasteiger partial charge in [0.25, 0.3) is 0 Å². The summed E-state index contributed by atoms with van der Waals surface area (Å²) in [6.45, 7) is 2.44. The summed E-state index contributed by atoms with van der Waals surface area (Å²) in [5.74, 6) is 0.639. The van der Waals surface area contributed by atoms with Crippen LogP contribution < -0.4 is 10.1 Å². The minimum Gasteiger partial charge on any atom is -0.492 e. The summed E-state index contributed by atoms with van der Waals surface area (Å²) in [6.07, 6.45) is -0.503. The predicted molar refractivity (Wildman–Crippen MR) is 53.6 cm³/mol. The number of amides is 1. The molecule has 4 nitrogen and oxygen atoms in total. The van der Waals surface area contributed by atoms with Gasteiger partial charge in [0.2, 0.25) is 0 Å². The number of anilines is 1. The van der Waals surface area contributed by atoms with Crippen molar-refractivity contribution in [2.75, 3.05) is 19.0 Å². The number of carbonyl (C=O) groups excluding carboxylic acids is 1. The number of hydrogen-bond acceptors (Lipinski definition) is 3. The molecule has 0 aliphatic rings. The van der Waals surface area contributed by atoms with Crippen molar-refractivity contribution in [3.05, 3.63) is 24.3 Å². The number of carbonyl (C=O) groups is 1. The molecule has 0 saturated heterocycles. The van der Waals surface area contributed by atoms with E-state index in [9.17, 15) is 4.79 Å². The molecule has 1 amide bonds. The Labute approximate surface area is 82.8 Å². The second-order valence-corrected chi connectivity index (χ2v) is 2.55. The highest BCUT2D eigenvalue weighted by Crippen LogP contribution is 2.23. The van der Waals surface area contributed by atoms with Crippen LogP contribution in [0.15, 0.2) is 24.3 Å². The van der Waals surface area contributed by atoms with Crippen molar-refractivity contribution < 1.29 is 14.3 Å². The maximum atomic E-state index is 10.9. The lowest BCUT2D eigenvalue weighted by Gasteiger charge is -2.09.